The second-order valence-corrected chi connectivity index (χ2v) is 6.43. The Morgan fingerprint density at radius 1 is 1.05 bits per heavy atom. The van der Waals surface area contributed by atoms with Crippen LogP contribution in [0.4, 0.5) is 11.4 Å². The Balaban J connectivity index is 1.69. The quantitative estimate of drug-likeness (QED) is 0.904. The van der Waals surface area contributed by atoms with Gasteiger partial charge in [0, 0.05) is 26.2 Å². The molecule has 3 nitrogen and oxygen atoms in total. The van der Waals surface area contributed by atoms with E-state index in [0.717, 1.165) is 6.42 Å². The van der Waals surface area contributed by atoms with E-state index in [1.807, 2.05) is 7.11 Å². The predicted octanol–water partition coefficient (Wildman–Crippen LogP) is 4.05. The van der Waals surface area contributed by atoms with E-state index in [4.69, 9.17) is 4.74 Å². The fourth-order valence-corrected chi connectivity index (χ4v) is 3.72. The van der Waals surface area contributed by atoms with E-state index >= 15 is 0 Å². The number of piperidine rings is 1. The van der Waals surface area contributed by atoms with Crippen molar-refractivity contribution in [3.63, 3.8) is 0 Å². The first-order chi connectivity index (χ1) is 10.4. The number of hydrogen-bond donors (Lipinski definition) is 1. The van der Waals surface area contributed by atoms with E-state index in [0.29, 0.717) is 12.1 Å². The molecule has 3 heteroatoms. The lowest BCUT2D eigenvalue weighted by Gasteiger charge is -2.34. The van der Waals surface area contributed by atoms with Gasteiger partial charge in [0.15, 0.2) is 0 Å². The Hall–Kier alpha value is -1.22. The van der Waals surface area contributed by atoms with Crippen molar-refractivity contribution >= 4 is 11.4 Å². The fourth-order valence-electron chi connectivity index (χ4n) is 3.72. The molecule has 1 N–H and O–H groups in total. The third kappa shape index (κ3) is 3.70. The molecule has 0 spiro atoms. The molecule has 1 heterocycles. The maximum absolute atomic E-state index is 5.56. The summed E-state index contributed by atoms with van der Waals surface area (Å²) in [7, 11) is 1.84. The van der Waals surface area contributed by atoms with Gasteiger partial charge >= 0.3 is 0 Å². The number of para-hydroxylation sites is 2. The molecule has 3 rings (SSSR count). The van der Waals surface area contributed by atoms with Crippen LogP contribution in [0.2, 0.25) is 0 Å². The third-order valence-corrected chi connectivity index (χ3v) is 4.92. The van der Waals surface area contributed by atoms with Crippen LogP contribution in [0.15, 0.2) is 24.3 Å². The van der Waals surface area contributed by atoms with Crippen LogP contribution in [0.25, 0.3) is 0 Å². The van der Waals surface area contributed by atoms with Crippen LogP contribution < -0.4 is 10.2 Å². The predicted molar refractivity (Wildman–Crippen MR) is 89.2 cm³/mol. The molecule has 0 radical (unpaired) electrons. The van der Waals surface area contributed by atoms with Gasteiger partial charge < -0.3 is 15.0 Å². The number of hydrogen-bond acceptors (Lipinski definition) is 3. The molecule has 0 bridgehead atoms. The van der Waals surface area contributed by atoms with Gasteiger partial charge in [0.2, 0.25) is 0 Å². The van der Waals surface area contributed by atoms with Crippen LogP contribution in [0.3, 0.4) is 0 Å². The summed E-state index contributed by atoms with van der Waals surface area (Å²) in [5.74, 6) is 0. The summed E-state index contributed by atoms with van der Waals surface area (Å²) < 4.78 is 5.56. The highest BCUT2D eigenvalue weighted by Crippen LogP contribution is 2.31. The molecule has 1 saturated carbocycles. The Bertz CT molecular complexity index is 443. The van der Waals surface area contributed by atoms with E-state index in [9.17, 15) is 0 Å². The molecule has 21 heavy (non-hydrogen) atoms. The van der Waals surface area contributed by atoms with Gasteiger partial charge in [-0.2, -0.15) is 0 Å². The molecule has 2 aliphatic rings. The van der Waals surface area contributed by atoms with Crippen molar-refractivity contribution in [3.8, 4) is 0 Å². The van der Waals surface area contributed by atoms with Gasteiger partial charge in [-0.15, -0.1) is 0 Å². The van der Waals surface area contributed by atoms with Gasteiger partial charge in [-0.1, -0.05) is 12.1 Å². The molecule has 0 aromatic heterocycles. The van der Waals surface area contributed by atoms with Crippen molar-refractivity contribution in [2.24, 2.45) is 0 Å². The van der Waals surface area contributed by atoms with Crippen molar-refractivity contribution in [1.29, 1.82) is 0 Å². The molecule has 116 valence electrons. The van der Waals surface area contributed by atoms with Crippen molar-refractivity contribution in [3.05, 3.63) is 24.3 Å². The zero-order valence-electron chi connectivity index (χ0n) is 13.2. The van der Waals surface area contributed by atoms with Gasteiger partial charge in [0.25, 0.3) is 0 Å². The first-order valence-corrected chi connectivity index (χ1v) is 8.50. The molecule has 1 aliphatic carbocycles. The van der Waals surface area contributed by atoms with E-state index in [1.54, 1.807) is 0 Å². The van der Waals surface area contributed by atoms with Crippen molar-refractivity contribution in [1.82, 2.24) is 0 Å². The average molecular weight is 288 g/mol. The molecule has 2 atom stereocenters. The number of ether oxygens (including phenoxy) is 1. The van der Waals surface area contributed by atoms with Gasteiger partial charge in [-0.25, -0.2) is 0 Å². The molecule has 1 aliphatic heterocycles. The summed E-state index contributed by atoms with van der Waals surface area (Å²) in [5, 5.41) is 3.79. The SMILES string of the molecule is COC1CCCC(Nc2ccccc2N2CCCCC2)C1. The number of rotatable bonds is 4. The molecule has 1 aromatic rings. The normalized spacial score (nSPS) is 26.6. The lowest BCUT2D eigenvalue weighted by Crippen LogP contribution is -2.33. The maximum atomic E-state index is 5.56. The Labute approximate surface area is 128 Å². The zero-order valence-corrected chi connectivity index (χ0v) is 13.2. The second kappa shape index (κ2) is 7.17. The van der Waals surface area contributed by atoms with Crippen LogP contribution >= 0.6 is 0 Å². The van der Waals surface area contributed by atoms with Crippen molar-refractivity contribution in [2.45, 2.75) is 57.1 Å². The Morgan fingerprint density at radius 3 is 2.67 bits per heavy atom. The smallest absolute Gasteiger partial charge is 0.0602 e. The molecule has 1 aromatic carbocycles. The van der Waals surface area contributed by atoms with Gasteiger partial charge in [0.05, 0.1) is 17.5 Å². The summed E-state index contributed by atoms with van der Waals surface area (Å²) in [6.45, 7) is 2.40. The highest BCUT2D eigenvalue weighted by atomic mass is 16.5. The number of anilines is 2. The molecular formula is C18H28N2O. The Kier molecular flexibility index (Phi) is 5.02. The lowest BCUT2D eigenvalue weighted by molar-refractivity contribution is 0.0669. The fraction of sp³-hybridized carbons (Fsp3) is 0.667. The molecule has 2 fully saturated rings. The zero-order chi connectivity index (χ0) is 14.5. The van der Waals surface area contributed by atoms with E-state index in [1.165, 1.54) is 63.0 Å². The third-order valence-electron chi connectivity index (χ3n) is 4.92. The van der Waals surface area contributed by atoms with Crippen LogP contribution in [-0.4, -0.2) is 32.3 Å². The number of benzene rings is 1. The molecule has 0 amide bonds. The first-order valence-electron chi connectivity index (χ1n) is 8.50. The number of nitrogens with one attached hydrogen (secondary N) is 1. The summed E-state index contributed by atoms with van der Waals surface area (Å²) in [6, 6.07) is 9.36. The number of methoxy groups -OCH3 is 1. The number of nitrogens with zero attached hydrogens (tertiary/aromatic N) is 1. The summed E-state index contributed by atoms with van der Waals surface area (Å²) in [4.78, 5) is 2.54. The summed E-state index contributed by atoms with van der Waals surface area (Å²) in [6.07, 6.45) is 9.32. The van der Waals surface area contributed by atoms with E-state index < -0.39 is 0 Å². The second-order valence-electron chi connectivity index (χ2n) is 6.43. The molecular weight excluding hydrogens is 260 g/mol. The van der Waals surface area contributed by atoms with Crippen LogP contribution in [-0.2, 0) is 4.74 Å². The van der Waals surface area contributed by atoms with Crippen molar-refractivity contribution < 1.29 is 4.74 Å². The summed E-state index contributed by atoms with van der Waals surface area (Å²) in [5.41, 5.74) is 2.69. The average Bonchev–Trinajstić information content (AvgIpc) is 2.56. The van der Waals surface area contributed by atoms with Gasteiger partial charge in [-0.05, 0) is 57.1 Å². The highest BCUT2D eigenvalue weighted by Gasteiger charge is 2.23. The minimum Gasteiger partial charge on any atom is -0.381 e. The van der Waals surface area contributed by atoms with Crippen LogP contribution in [0, 0.1) is 0 Å². The van der Waals surface area contributed by atoms with E-state index in [2.05, 4.69) is 34.5 Å². The topological polar surface area (TPSA) is 24.5 Å². The largest absolute Gasteiger partial charge is 0.381 e. The minimum absolute atomic E-state index is 0.429. The van der Waals surface area contributed by atoms with Crippen LogP contribution in [0.1, 0.15) is 44.9 Å². The lowest BCUT2D eigenvalue weighted by atomic mass is 9.92. The summed E-state index contributed by atoms with van der Waals surface area (Å²) >= 11 is 0. The monoisotopic (exact) mass is 288 g/mol. The molecule has 1 saturated heterocycles. The van der Waals surface area contributed by atoms with Gasteiger partial charge in [-0.3, -0.25) is 0 Å². The van der Waals surface area contributed by atoms with Crippen molar-refractivity contribution in [2.75, 3.05) is 30.4 Å². The Morgan fingerprint density at radius 2 is 1.86 bits per heavy atom. The first kappa shape index (κ1) is 14.7. The standard InChI is InChI=1S/C18H28N2O/c1-21-16-9-7-8-15(14-16)19-17-10-3-4-11-18(17)20-12-5-2-6-13-20/h3-4,10-11,15-16,19H,2,5-9,12-14H2,1H3. The molecule has 2 unspecified atom stereocenters. The maximum Gasteiger partial charge on any atom is 0.0602 e. The highest BCUT2D eigenvalue weighted by molar-refractivity contribution is 5.70. The van der Waals surface area contributed by atoms with Crippen LogP contribution in [0.5, 0.6) is 0 Å². The van der Waals surface area contributed by atoms with Gasteiger partial charge in [0.1, 0.15) is 0 Å². The van der Waals surface area contributed by atoms with E-state index in [-0.39, 0.29) is 0 Å². The minimum atomic E-state index is 0.429.